The van der Waals surface area contributed by atoms with Crippen LogP contribution in [0.15, 0.2) is 54.9 Å². The Hall–Kier alpha value is -2.47. The third-order valence-electron chi connectivity index (χ3n) is 4.40. The van der Waals surface area contributed by atoms with E-state index in [4.69, 9.17) is 51.8 Å². The number of aromatic amines is 1. The van der Waals surface area contributed by atoms with Crippen molar-refractivity contribution < 1.29 is 25.2 Å². The van der Waals surface area contributed by atoms with Crippen molar-refractivity contribution in [2.24, 2.45) is 0 Å². The fourth-order valence-electron chi connectivity index (χ4n) is 2.81. The van der Waals surface area contributed by atoms with Crippen LogP contribution in [0.2, 0.25) is 10.0 Å². The van der Waals surface area contributed by atoms with Gasteiger partial charge in [-0.05, 0) is 24.3 Å². The van der Waals surface area contributed by atoms with E-state index in [-0.39, 0.29) is 29.7 Å². The van der Waals surface area contributed by atoms with Gasteiger partial charge in [0.05, 0.1) is 17.7 Å². The third-order valence-corrected chi connectivity index (χ3v) is 4.96. The lowest BCUT2D eigenvalue weighted by Gasteiger charge is -2.39. The minimum atomic E-state index is -2.97. The number of pyridine rings is 1. The molecule has 1 unspecified atom stereocenters. The van der Waals surface area contributed by atoms with Crippen LogP contribution in [-0.4, -0.2) is 90.1 Å². The number of H-pyrrole nitrogens is 1. The topological polar surface area (TPSA) is 151 Å². The molecular weight excluding hydrogens is 492 g/mol. The zero-order chi connectivity index (χ0) is 26.2. The maximum absolute atomic E-state index is 11.9. The van der Waals surface area contributed by atoms with E-state index in [1.54, 1.807) is 0 Å². The van der Waals surface area contributed by atoms with Crippen molar-refractivity contribution in [3.63, 3.8) is 0 Å². The van der Waals surface area contributed by atoms with Gasteiger partial charge in [-0.1, -0.05) is 41.4 Å². The number of aliphatic hydroxyl groups is 4. The SMILES string of the molecule is Clc1ccccc1.[B]C([B])(O)C(Nc1cc(-c2c[nH]c(C(=O)NCCO)c2)c(Cl)cn1)C([B])(O)O. The maximum atomic E-state index is 11.9. The number of aromatic nitrogens is 2. The number of nitrogens with zero attached hydrogens (tertiary/aromatic N) is 1. The molecular formula is C21H21B3Cl2N4O5. The maximum Gasteiger partial charge on any atom is 0.267 e. The van der Waals surface area contributed by atoms with Crippen LogP contribution < -0.4 is 10.6 Å². The Morgan fingerprint density at radius 1 is 1.11 bits per heavy atom. The molecule has 3 rings (SSSR count). The Balaban J connectivity index is 0.000000527. The summed E-state index contributed by atoms with van der Waals surface area (Å²) in [4.78, 5) is 18.7. The highest BCUT2D eigenvalue weighted by Gasteiger charge is 2.39. The van der Waals surface area contributed by atoms with E-state index in [0.29, 0.717) is 11.1 Å². The first-order valence-electron chi connectivity index (χ1n) is 10.1. The van der Waals surface area contributed by atoms with Gasteiger partial charge in [-0.3, -0.25) is 4.79 Å². The van der Waals surface area contributed by atoms with Crippen molar-refractivity contribution in [1.82, 2.24) is 15.3 Å². The van der Waals surface area contributed by atoms with E-state index >= 15 is 0 Å². The number of carbonyl (C=O) groups excluding carboxylic acids is 1. The monoisotopic (exact) mass is 512 g/mol. The molecule has 0 aliphatic heterocycles. The molecule has 0 saturated carbocycles. The largest absolute Gasteiger partial charge is 0.407 e. The van der Waals surface area contributed by atoms with Gasteiger partial charge in [0.25, 0.3) is 5.91 Å². The van der Waals surface area contributed by atoms with Crippen LogP contribution in [0.3, 0.4) is 0 Å². The lowest BCUT2D eigenvalue weighted by Crippen LogP contribution is -2.62. The van der Waals surface area contributed by atoms with Crippen LogP contribution in [0, 0.1) is 0 Å². The average molecular weight is 513 g/mol. The first-order valence-corrected chi connectivity index (χ1v) is 10.8. The Labute approximate surface area is 216 Å². The van der Waals surface area contributed by atoms with Gasteiger partial charge in [0.1, 0.15) is 32.9 Å². The molecule has 1 aromatic carbocycles. The molecule has 1 amide bonds. The van der Waals surface area contributed by atoms with Crippen molar-refractivity contribution >= 4 is 58.5 Å². The summed E-state index contributed by atoms with van der Waals surface area (Å²) in [6.07, 6.45) is 2.78. The van der Waals surface area contributed by atoms with E-state index in [2.05, 4.69) is 20.6 Å². The summed E-state index contributed by atoms with van der Waals surface area (Å²) in [5.74, 6) is -0.405. The van der Waals surface area contributed by atoms with Crippen molar-refractivity contribution in [2.45, 2.75) is 17.1 Å². The number of halogens is 2. The van der Waals surface area contributed by atoms with Crippen molar-refractivity contribution in [1.29, 1.82) is 0 Å². The predicted octanol–water partition coefficient (Wildman–Crippen LogP) is 0.363. The Morgan fingerprint density at radius 2 is 1.77 bits per heavy atom. The molecule has 0 saturated heterocycles. The minimum absolute atomic E-state index is 0.0177. The molecule has 14 heteroatoms. The number of carbonyl (C=O) groups is 1. The van der Waals surface area contributed by atoms with Crippen LogP contribution >= 0.6 is 23.2 Å². The lowest BCUT2D eigenvalue weighted by atomic mass is 9.56. The van der Waals surface area contributed by atoms with Crippen molar-refractivity contribution in [3.8, 4) is 11.1 Å². The molecule has 2 aromatic heterocycles. The number of rotatable bonds is 8. The summed E-state index contributed by atoms with van der Waals surface area (Å²) < 4.78 is 0. The predicted molar refractivity (Wildman–Crippen MR) is 137 cm³/mol. The van der Waals surface area contributed by atoms with Crippen molar-refractivity contribution in [3.05, 3.63) is 70.6 Å². The van der Waals surface area contributed by atoms with Gasteiger partial charge in [-0.2, -0.15) is 0 Å². The van der Waals surface area contributed by atoms with Gasteiger partial charge in [0, 0.05) is 40.5 Å². The summed E-state index contributed by atoms with van der Waals surface area (Å²) in [5, 5.41) is 41.0. The Morgan fingerprint density at radius 3 is 2.29 bits per heavy atom. The number of hydrogen-bond acceptors (Lipinski definition) is 7. The number of hydrogen-bond donors (Lipinski definition) is 7. The van der Waals surface area contributed by atoms with Crippen LogP contribution in [0.5, 0.6) is 0 Å². The zero-order valence-electron chi connectivity index (χ0n) is 18.3. The average Bonchev–Trinajstić information content (AvgIpc) is 3.26. The van der Waals surface area contributed by atoms with Gasteiger partial charge < -0.3 is 36.0 Å². The number of aliphatic hydroxyl groups excluding tert-OH is 1. The smallest absolute Gasteiger partial charge is 0.267 e. The van der Waals surface area contributed by atoms with Gasteiger partial charge in [0.2, 0.25) is 0 Å². The summed E-state index contributed by atoms with van der Waals surface area (Å²) in [5.41, 5.74) is -1.80. The molecule has 0 aliphatic rings. The molecule has 0 bridgehead atoms. The summed E-state index contributed by atoms with van der Waals surface area (Å²) in [6, 6.07) is 10.6. The molecule has 178 valence electrons. The molecule has 0 aliphatic carbocycles. The highest BCUT2D eigenvalue weighted by molar-refractivity contribution is 6.40. The number of benzene rings is 1. The molecule has 35 heavy (non-hydrogen) atoms. The third kappa shape index (κ3) is 8.92. The lowest BCUT2D eigenvalue weighted by molar-refractivity contribution is -0.116. The summed E-state index contributed by atoms with van der Waals surface area (Å²) in [7, 11) is 15.8. The molecule has 3 aromatic rings. The van der Waals surface area contributed by atoms with Gasteiger partial charge in [-0.15, -0.1) is 0 Å². The molecule has 0 fully saturated rings. The van der Waals surface area contributed by atoms with Gasteiger partial charge >= 0.3 is 0 Å². The second-order valence-electron chi connectivity index (χ2n) is 7.37. The highest BCUT2D eigenvalue weighted by Crippen LogP contribution is 2.30. The zero-order valence-corrected chi connectivity index (χ0v) is 19.8. The highest BCUT2D eigenvalue weighted by atomic mass is 35.5. The first-order chi connectivity index (χ1) is 16.3. The minimum Gasteiger partial charge on any atom is -0.407 e. The van der Waals surface area contributed by atoms with Crippen LogP contribution in [0.4, 0.5) is 5.82 Å². The number of nitrogens with one attached hydrogen (secondary N) is 3. The molecule has 0 spiro atoms. The van der Waals surface area contributed by atoms with Gasteiger partial charge in [-0.25, -0.2) is 4.98 Å². The van der Waals surface area contributed by atoms with Crippen LogP contribution in [0.25, 0.3) is 11.1 Å². The van der Waals surface area contributed by atoms with E-state index in [1.165, 1.54) is 24.5 Å². The second-order valence-corrected chi connectivity index (χ2v) is 8.22. The molecule has 2 heterocycles. The van der Waals surface area contributed by atoms with Crippen molar-refractivity contribution in [2.75, 3.05) is 18.5 Å². The van der Waals surface area contributed by atoms with Crippen LogP contribution in [0.1, 0.15) is 10.5 Å². The van der Waals surface area contributed by atoms with Crippen LogP contribution in [-0.2, 0) is 0 Å². The van der Waals surface area contributed by atoms with E-state index in [9.17, 15) is 20.1 Å². The van der Waals surface area contributed by atoms with E-state index in [1.807, 2.05) is 30.3 Å². The Kier molecular flexibility index (Phi) is 10.3. The van der Waals surface area contributed by atoms with Gasteiger partial charge in [0.15, 0.2) is 7.85 Å². The fraction of sp³-hybridized carbons (Fsp3) is 0.238. The number of anilines is 1. The summed E-state index contributed by atoms with van der Waals surface area (Å²) >= 11 is 11.7. The molecule has 1 atom stereocenters. The second kappa shape index (κ2) is 12.5. The summed E-state index contributed by atoms with van der Waals surface area (Å²) in [6.45, 7) is -0.0957. The molecule has 9 nitrogen and oxygen atoms in total. The first kappa shape index (κ1) is 28.8. The molecule has 6 radical (unpaired) electrons. The normalized spacial score (nSPS) is 12.3. The standard InChI is InChI=1S/C15H16B3ClN4O5.C6H5Cl/c16-14(17,26)13(15(18,27)28)23-11-4-8(9(19)6-22-11)7-3-10(21-5-7)12(25)20-1-2-24;7-6-4-2-1-3-5-6/h3-6,13,21,24,26-28H,1-2H2,(H,20,25)(H,22,23);1-5H. The quantitative estimate of drug-likeness (QED) is 0.170. The molecule has 7 N–H and O–H groups in total. The van der Waals surface area contributed by atoms with E-state index < -0.39 is 23.0 Å². The van der Waals surface area contributed by atoms with E-state index in [0.717, 1.165) is 5.02 Å². The fourth-order valence-corrected chi connectivity index (χ4v) is 3.17. The Bertz CT molecular complexity index is 1090. The number of amides is 1.